The molecule has 93 valence electrons. The van der Waals surface area contributed by atoms with Gasteiger partial charge in [-0.1, -0.05) is 6.92 Å². The van der Waals surface area contributed by atoms with Crippen LogP contribution in [-0.2, 0) is 0 Å². The lowest BCUT2D eigenvalue weighted by Gasteiger charge is -2.27. The molecule has 1 fully saturated rings. The smallest absolute Gasteiger partial charge is 0.224 e. The van der Waals surface area contributed by atoms with Crippen LogP contribution in [0.5, 0.6) is 0 Å². The number of hydrogen-bond donors (Lipinski definition) is 1. The number of aromatic nitrogens is 2. The van der Waals surface area contributed by atoms with Crippen molar-refractivity contribution in [1.82, 2.24) is 9.97 Å². The first-order valence-corrected chi connectivity index (χ1v) is 6.25. The minimum absolute atomic E-state index is 0.505. The van der Waals surface area contributed by atoms with E-state index in [1.807, 2.05) is 25.1 Å². The molecule has 1 aliphatic carbocycles. The average molecular weight is 233 g/mol. The van der Waals surface area contributed by atoms with Gasteiger partial charge in [0.25, 0.3) is 0 Å². The Morgan fingerprint density at radius 2 is 2.00 bits per heavy atom. The normalized spacial score (nSPS) is 24.4. The third-order valence-electron chi connectivity index (χ3n) is 3.28. The summed E-state index contributed by atoms with van der Waals surface area (Å²) in [5.74, 6) is 2.30. The summed E-state index contributed by atoms with van der Waals surface area (Å²) in [5.41, 5.74) is 0. The standard InChI is InChI=1S/C13H21N4/c1-10-4-6-11(7-5-10)15-13-14-9-8-12(16-13)17(2)3/h8-11H,1,4-7H2,2-3H3,(H,14,15,16). The molecule has 4 heteroatoms. The van der Waals surface area contributed by atoms with Gasteiger partial charge in [0.15, 0.2) is 0 Å². The van der Waals surface area contributed by atoms with Crippen molar-refractivity contribution >= 4 is 11.8 Å². The maximum atomic E-state index is 4.47. The Balaban J connectivity index is 1.96. The zero-order chi connectivity index (χ0) is 12.3. The van der Waals surface area contributed by atoms with Crippen LogP contribution in [0.1, 0.15) is 25.7 Å². The summed E-state index contributed by atoms with van der Waals surface area (Å²) >= 11 is 0. The Morgan fingerprint density at radius 3 is 2.65 bits per heavy atom. The van der Waals surface area contributed by atoms with E-state index in [4.69, 9.17) is 0 Å². The Morgan fingerprint density at radius 1 is 1.29 bits per heavy atom. The van der Waals surface area contributed by atoms with E-state index in [2.05, 4.69) is 22.2 Å². The number of anilines is 2. The first-order valence-electron chi connectivity index (χ1n) is 6.25. The van der Waals surface area contributed by atoms with Crippen molar-refractivity contribution in [2.24, 2.45) is 5.92 Å². The van der Waals surface area contributed by atoms with Gasteiger partial charge < -0.3 is 10.2 Å². The molecule has 0 aromatic carbocycles. The highest BCUT2D eigenvalue weighted by Gasteiger charge is 2.18. The van der Waals surface area contributed by atoms with Crippen LogP contribution in [0, 0.1) is 12.8 Å². The number of nitrogens with zero attached hydrogens (tertiary/aromatic N) is 3. The molecule has 1 heterocycles. The minimum Gasteiger partial charge on any atom is -0.363 e. The predicted octanol–water partition coefficient (Wildman–Crippen LogP) is 2.35. The van der Waals surface area contributed by atoms with Gasteiger partial charge in [-0.05, 0) is 37.7 Å². The van der Waals surface area contributed by atoms with Gasteiger partial charge in [0.1, 0.15) is 5.82 Å². The number of nitrogens with one attached hydrogen (secondary N) is 1. The molecule has 0 saturated heterocycles. The van der Waals surface area contributed by atoms with E-state index in [1.54, 1.807) is 6.20 Å². The van der Waals surface area contributed by atoms with Crippen molar-refractivity contribution in [3.63, 3.8) is 0 Å². The van der Waals surface area contributed by atoms with Crippen molar-refractivity contribution in [3.05, 3.63) is 19.2 Å². The fraction of sp³-hybridized carbons (Fsp3) is 0.615. The number of rotatable bonds is 3. The molecule has 0 bridgehead atoms. The minimum atomic E-state index is 0.505. The fourth-order valence-corrected chi connectivity index (χ4v) is 2.16. The van der Waals surface area contributed by atoms with Crippen LogP contribution in [0.15, 0.2) is 12.3 Å². The van der Waals surface area contributed by atoms with E-state index in [0.29, 0.717) is 12.0 Å². The summed E-state index contributed by atoms with van der Waals surface area (Å²) < 4.78 is 0. The van der Waals surface area contributed by atoms with Crippen LogP contribution in [0.25, 0.3) is 0 Å². The highest BCUT2D eigenvalue weighted by molar-refractivity contribution is 5.41. The Hall–Kier alpha value is -1.32. The van der Waals surface area contributed by atoms with Crippen molar-refractivity contribution in [2.45, 2.75) is 31.7 Å². The summed E-state index contributed by atoms with van der Waals surface area (Å²) in [4.78, 5) is 10.7. The fourth-order valence-electron chi connectivity index (χ4n) is 2.16. The second kappa shape index (κ2) is 5.34. The molecule has 1 N–H and O–H groups in total. The van der Waals surface area contributed by atoms with Gasteiger partial charge in [-0.15, -0.1) is 0 Å². The predicted molar refractivity (Wildman–Crippen MR) is 71.1 cm³/mol. The molecule has 0 atom stereocenters. The van der Waals surface area contributed by atoms with Crippen molar-refractivity contribution < 1.29 is 0 Å². The van der Waals surface area contributed by atoms with Gasteiger partial charge in [0.2, 0.25) is 5.95 Å². The van der Waals surface area contributed by atoms with Gasteiger partial charge in [0, 0.05) is 26.3 Å². The van der Waals surface area contributed by atoms with Crippen LogP contribution >= 0.6 is 0 Å². The van der Waals surface area contributed by atoms with Crippen LogP contribution in [0.3, 0.4) is 0 Å². The second-order valence-electron chi connectivity index (χ2n) is 4.99. The molecule has 1 aromatic heterocycles. The van der Waals surface area contributed by atoms with Gasteiger partial charge in [-0.2, -0.15) is 4.98 Å². The summed E-state index contributed by atoms with van der Waals surface area (Å²) in [6, 6.07) is 2.42. The first kappa shape index (κ1) is 12.1. The van der Waals surface area contributed by atoms with E-state index in [1.165, 1.54) is 25.7 Å². The van der Waals surface area contributed by atoms with E-state index < -0.39 is 0 Å². The zero-order valence-electron chi connectivity index (χ0n) is 10.7. The lowest BCUT2D eigenvalue weighted by Crippen LogP contribution is -2.26. The van der Waals surface area contributed by atoms with Crippen molar-refractivity contribution in [1.29, 1.82) is 0 Å². The molecular formula is C13H21N4. The third-order valence-corrected chi connectivity index (χ3v) is 3.28. The van der Waals surface area contributed by atoms with Crippen LogP contribution in [0.2, 0.25) is 0 Å². The highest BCUT2D eigenvalue weighted by atomic mass is 15.2. The molecule has 1 aliphatic rings. The van der Waals surface area contributed by atoms with Crippen molar-refractivity contribution in [3.8, 4) is 0 Å². The van der Waals surface area contributed by atoms with Gasteiger partial charge in [-0.3, -0.25) is 0 Å². The summed E-state index contributed by atoms with van der Waals surface area (Å²) in [6.07, 6.45) is 6.54. The Bertz CT molecular complexity index is 356. The van der Waals surface area contributed by atoms with E-state index in [-0.39, 0.29) is 0 Å². The lowest BCUT2D eigenvalue weighted by molar-refractivity contribution is 0.387. The molecule has 2 rings (SSSR count). The SMILES string of the molecule is [CH2]C1CCC(Nc2nccc(N(C)C)n2)CC1. The van der Waals surface area contributed by atoms with E-state index in [0.717, 1.165) is 11.8 Å². The van der Waals surface area contributed by atoms with Crippen LogP contribution < -0.4 is 10.2 Å². The largest absolute Gasteiger partial charge is 0.363 e. The molecule has 1 aromatic rings. The molecule has 0 amide bonds. The van der Waals surface area contributed by atoms with Crippen LogP contribution in [0.4, 0.5) is 11.8 Å². The zero-order valence-corrected chi connectivity index (χ0v) is 10.7. The van der Waals surface area contributed by atoms with Gasteiger partial charge in [0.05, 0.1) is 0 Å². The first-order chi connectivity index (χ1) is 8.15. The molecular weight excluding hydrogens is 212 g/mol. The maximum Gasteiger partial charge on any atom is 0.224 e. The maximum absolute atomic E-state index is 4.47. The number of hydrogen-bond acceptors (Lipinski definition) is 4. The Kier molecular flexibility index (Phi) is 3.82. The monoisotopic (exact) mass is 233 g/mol. The molecule has 17 heavy (non-hydrogen) atoms. The van der Waals surface area contributed by atoms with Crippen LogP contribution in [-0.4, -0.2) is 30.1 Å². The lowest BCUT2D eigenvalue weighted by atomic mass is 9.87. The third kappa shape index (κ3) is 3.32. The summed E-state index contributed by atoms with van der Waals surface area (Å²) in [7, 11) is 3.97. The molecule has 1 radical (unpaired) electrons. The summed E-state index contributed by atoms with van der Waals surface area (Å²) in [6.45, 7) is 4.11. The van der Waals surface area contributed by atoms with Crippen molar-refractivity contribution in [2.75, 3.05) is 24.3 Å². The highest BCUT2D eigenvalue weighted by Crippen LogP contribution is 2.25. The quantitative estimate of drug-likeness (QED) is 0.870. The van der Waals surface area contributed by atoms with Gasteiger partial charge >= 0.3 is 0 Å². The average Bonchev–Trinajstić information content (AvgIpc) is 2.32. The molecule has 4 nitrogen and oxygen atoms in total. The summed E-state index contributed by atoms with van der Waals surface area (Å²) in [5, 5.41) is 3.42. The molecule has 0 spiro atoms. The molecule has 0 aliphatic heterocycles. The topological polar surface area (TPSA) is 41.1 Å². The molecule has 1 saturated carbocycles. The van der Waals surface area contributed by atoms with Gasteiger partial charge in [-0.25, -0.2) is 4.98 Å². The van der Waals surface area contributed by atoms with E-state index in [9.17, 15) is 0 Å². The Labute approximate surface area is 103 Å². The molecule has 0 unspecified atom stereocenters. The second-order valence-corrected chi connectivity index (χ2v) is 4.99. The van der Waals surface area contributed by atoms with E-state index >= 15 is 0 Å².